The van der Waals surface area contributed by atoms with Gasteiger partial charge in [0.1, 0.15) is 11.3 Å². The molecule has 5 nitrogen and oxygen atoms in total. The number of nitrogens with two attached hydrogens (primary N) is 1. The standard InChI is InChI=1S/C8H11N5S/c1-2-3-4-10-5-6(11-4)12-8(9)13-7(5)14/h2-3H2,1H3,(H4,9,10,11,12,13,14). The predicted octanol–water partition coefficient (Wildman–Crippen LogP) is 1.55. The van der Waals surface area contributed by atoms with Crippen molar-refractivity contribution in [3.8, 4) is 0 Å². The van der Waals surface area contributed by atoms with Crippen LogP contribution in [0.3, 0.4) is 0 Å². The summed E-state index contributed by atoms with van der Waals surface area (Å²) in [6.45, 7) is 2.10. The van der Waals surface area contributed by atoms with Gasteiger partial charge < -0.3 is 15.7 Å². The molecule has 0 saturated carbocycles. The van der Waals surface area contributed by atoms with Crippen molar-refractivity contribution in [1.29, 1.82) is 0 Å². The van der Waals surface area contributed by atoms with E-state index in [1.54, 1.807) is 0 Å². The molecule has 0 radical (unpaired) electrons. The lowest BCUT2D eigenvalue weighted by Crippen LogP contribution is -1.94. The van der Waals surface area contributed by atoms with E-state index in [1.165, 1.54) is 0 Å². The van der Waals surface area contributed by atoms with E-state index in [1.807, 2.05) is 0 Å². The SMILES string of the molecule is CCCc1nc2[nH]c(N)nc(=S)c2[nH]1. The van der Waals surface area contributed by atoms with Crippen LogP contribution in [-0.2, 0) is 6.42 Å². The van der Waals surface area contributed by atoms with Crippen LogP contribution in [0.25, 0.3) is 11.2 Å². The summed E-state index contributed by atoms with van der Waals surface area (Å²) in [5.74, 6) is 1.22. The zero-order valence-corrected chi connectivity index (χ0v) is 8.61. The first-order valence-electron chi connectivity index (χ1n) is 4.45. The number of hydrogen-bond donors (Lipinski definition) is 3. The van der Waals surface area contributed by atoms with Crippen LogP contribution in [0.4, 0.5) is 5.95 Å². The van der Waals surface area contributed by atoms with Crippen molar-refractivity contribution < 1.29 is 0 Å². The molecule has 2 aromatic rings. The van der Waals surface area contributed by atoms with Gasteiger partial charge in [0.15, 0.2) is 10.3 Å². The number of hydrogen-bond acceptors (Lipinski definition) is 4. The Morgan fingerprint density at radius 1 is 1.36 bits per heavy atom. The van der Waals surface area contributed by atoms with Crippen LogP contribution in [0.1, 0.15) is 19.2 Å². The summed E-state index contributed by atoms with van der Waals surface area (Å²) < 4.78 is 0.464. The third kappa shape index (κ3) is 1.48. The molecule has 0 unspecified atom stereocenters. The molecule has 14 heavy (non-hydrogen) atoms. The molecule has 0 bridgehead atoms. The van der Waals surface area contributed by atoms with Gasteiger partial charge in [-0.05, 0) is 6.42 Å². The molecule has 0 aliphatic heterocycles. The van der Waals surface area contributed by atoms with Gasteiger partial charge in [0, 0.05) is 6.42 Å². The van der Waals surface area contributed by atoms with Gasteiger partial charge in [-0.25, -0.2) is 9.97 Å². The molecule has 0 saturated heterocycles. The number of fused-ring (bicyclic) bond motifs is 1. The number of nitrogen functional groups attached to an aromatic ring is 1. The maximum absolute atomic E-state index is 5.52. The van der Waals surface area contributed by atoms with E-state index < -0.39 is 0 Å². The predicted molar refractivity (Wildman–Crippen MR) is 57.5 cm³/mol. The maximum atomic E-state index is 5.52. The number of anilines is 1. The lowest BCUT2D eigenvalue weighted by atomic mass is 10.3. The second-order valence-electron chi connectivity index (χ2n) is 3.08. The molecule has 0 aromatic carbocycles. The van der Waals surface area contributed by atoms with Crippen molar-refractivity contribution in [1.82, 2.24) is 19.9 Å². The highest BCUT2D eigenvalue weighted by atomic mass is 32.1. The van der Waals surface area contributed by atoms with Crippen LogP contribution < -0.4 is 5.73 Å². The lowest BCUT2D eigenvalue weighted by molar-refractivity contribution is 0.860. The Morgan fingerprint density at radius 3 is 2.86 bits per heavy atom. The molecule has 2 rings (SSSR count). The number of aryl methyl sites for hydroxylation is 1. The minimum absolute atomic E-state index is 0.303. The van der Waals surface area contributed by atoms with E-state index in [-0.39, 0.29) is 0 Å². The number of nitrogens with one attached hydrogen (secondary N) is 2. The fraction of sp³-hybridized carbons (Fsp3) is 0.375. The number of imidazole rings is 1. The molecule has 0 atom stereocenters. The Kier molecular flexibility index (Phi) is 2.20. The first-order chi connectivity index (χ1) is 6.70. The number of rotatable bonds is 2. The lowest BCUT2D eigenvalue weighted by Gasteiger charge is -1.91. The summed E-state index contributed by atoms with van der Waals surface area (Å²) in [6, 6.07) is 0. The van der Waals surface area contributed by atoms with Crippen molar-refractivity contribution in [3.05, 3.63) is 10.5 Å². The minimum atomic E-state index is 0.303. The van der Waals surface area contributed by atoms with Gasteiger partial charge in [-0.15, -0.1) is 0 Å². The molecule has 2 heterocycles. The van der Waals surface area contributed by atoms with E-state index in [2.05, 4.69) is 26.9 Å². The van der Waals surface area contributed by atoms with Crippen molar-refractivity contribution in [2.24, 2.45) is 0 Å². The zero-order chi connectivity index (χ0) is 10.1. The molecular weight excluding hydrogens is 198 g/mol. The minimum Gasteiger partial charge on any atom is -0.369 e. The third-order valence-electron chi connectivity index (χ3n) is 1.92. The van der Waals surface area contributed by atoms with Crippen LogP contribution >= 0.6 is 12.2 Å². The molecule has 0 aliphatic carbocycles. The van der Waals surface area contributed by atoms with Gasteiger partial charge in [-0.2, -0.15) is 0 Å². The summed E-state index contributed by atoms with van der Waals surface area (Å²) in [4.78, 5) is 14.3. The van der Waals surface area contributed by atoms with E-state index in [0.717, 1.165) is 24.2 Å². The van der Waals surface area contributed by atoms with Crippen LogP contribution in [0.15, 0.2) is 0 Å². The van der Waals surface area contributed by atoms with Crippen LogP contribution in [0.5, 0.6) is 0 Å². The summed E-state index contributed by atoms with van der Waals surface area (Å²) >= 11 is 5.06. The highest BCUT2D eigenvalue weighted by molar-refractivity contribution is 7.71. The van der Waals surface area contributed by atoms with Gasteiger partial charge in [0.25, 0.3) is 0 Å². The molecule has 74 valence electrons. The second kappa shape index (κ2) is 3.38. The fourth-order valence-corrected chi connectivity index (χ4v) is 1.58. The van der Waals surface area contributed by atoms with Crippen LogP contribution in [0.2, 0.25) is 0 Å². The molecule has 0 amide bonds. The van der Waals surface area contributed by atoms with Gasteiger partial charge in [0.05, 0.1) is 0 Å². The Hall–Kier alpha value is -1.43. The molecule has 6 heteroatoms. The largest absolute Gasteiger partial charge is 0.369 e. The van der Waals surface area contributed by atoms with Crippen LogP contribution in [0, 0.1) is 4.64 Å². The highest BCUT2D eigenvalue weighted by Crippen LogP contribution is 2.11. The average Bonchev–Trinajstić information content (AvgIpc) is 2.48. The topological polar surface area (TPSA) is 83.4 Å². The van der Waals surface area contributed by atoms with E-state index in [4.69, 9.17) is 18.0 Å². The van der Waals surface area contributed by atoms with Crippen molar-refractivity contribution in [2.45, 2.75) is 19.8 Å². The highest BCUT2D eigenvalue weighted by Gasteiger charge is 2.04. The Morgan fingerprint density at radius 2 is 2.14 bits per heavy atom. The Balaban J connectivity index is 2.65. The van der Waals surface area contributed by atoms with Crippen LogP contribution in [-0.4, -0.2) is 19.9 Å². The fourth-order valence-electron chi connectivity index (χ4n) is 1.34. The molecule has 0 aliphatic rings. The molecule has 0 fully saturated rings. The molecule has 4 N–H and O–H groups in total. The number of H-pyrrole nitrogens is 2. The zero-order valence-electron chi connectivity index (χ0n) is 7.79. The Bertz CT molecular complexity index is 512. The van der Waals surface area contributed by atoms with Gasteiger partial charge >= 0.3 is 0 Å². The number of aromatic amines is 2. The third-order valence-corrected chi connectivity index (χ3v) is 2.22. The average molecular weight is 209 g/mol. The monoisotopic (exact) mass is 209 g/mol. The summed E-state index contributed by atoms with van der Waals surface area (Å²) in [6.07, 6.45) is 1.94. The maximum Gasteiger partial charge on any atom is 0.200 e. The normalized spacial score (nSPS) is 10.9. The first-order valence-corrected chi connectivity index (χ1v) is 4.86. The summed E-state index contributed by atoms with van der Waals surface area (Å²) in [7, 11) is 0. The number of nitrogens with zero attached hydrogens (tertiary/aromatic N) is 2. The molecular formula is C8H11N5S. The van der Waals surface area contributed by atoms with Crippen molar-refractivity contribution >= 4 is 29.3 Å². The van der Waals surface area contributed by atoms with Gasteiger partial charge in [-0.1, -0.05) is 19.1 Å². The van der Waals surface area contributed by atoms with Gasteiger partial charge in [-0.3, -0.25) is 0 Å². The molecule has 0 spiro atoms. The summed E-state index contributed by atoms with van der Waals surface area (Å²) in [5.41, 5.74) is 6.97. The quantitative estimate of drug-likeness (QED) is 0.655. The van der Waals surface area contributed by atoms with E-state index in [9.17, 15) is 0 Å². The Labute approximate surface area is 85.8 Å². The smallest absolute Gasteiger partial charge is 0.200 e. The summed E-state index contributed by atoms with van der Waals surface area (Å²) in [5, 5.41) is 0. The van der Waals surface area contributed by atoms with Crippen molar-refractivity contribution in [3.63, 3.8) is 0 Å². The first kappa shape index (κ1) is 9.14. The second-order valence-corrected chi connectivity index (χ2v) is 3.47. The molecule has 2 aromatic heterocycles. The van der Waals surface area contributed by atoms with E-state index in [0.29, 0.717) is 16.2 Å². The van der Waals surface area contributed by atoms with Crippen molar-refractivity contribution in [2.75, 3.05) is 5.73 Å². The number of aromatic nitrogens is 4. The van der Waals surface area contributed by atoms with Gasteiger partial charge in [0.2, 0.25) is 5.95 Å². The van der Waals surface area contributed by atoms with E-state index >= 15 is 0 Å².